The Balaban J connectivity index is 1.87. The van der Waals surface area contributed by atoms with Crippen LogP contribution in [0.15, 0.2) is 41.3 Å². The second kappa shape index (κ2) is 8.75. The quantitative estimate of drug-likeness (QED) is 0.586. The van der Waals surface area contributed by atoms with Crippen molar-refractivity contribution >= 4 is 11.8 Å². The summed E-state index contributed by atoms with van der Waals surface area (Å²) in [6.07, 6.45) is 2.49. The fourth-order valence-electron chi connectivity index (χ4n) is 2.35. The number of hydrogen-bond acceptors (Lipinski definition) is 5. The number of aryl methyl sites for hydroxylation is 2. The maximum Gasteiger partial charge on any atom is 0.276 e. The second-order valence-corrected chi connectivity index (χ2v) is 5.60. The van der Waals surface area contributed by atoms with Gasteiger partial charge in [-0.15, -0.1) is 6.58 Å². The fourth-order valence-corrected chi connectivity index (χ4v) is 2.35. The van der Waals surface area contributed by atoms with Crippen molar-refractivity contribution in [2.24, 2.45) is 0 Å². The van der Waals surface area contributed by atoms with E-state index in [-0.39, 0.29) is 6.61 Å². The van der Waals surface area contributed by atoms with Gasteiger partial charge in [-0.1, -0.05) is 12.1 Å². The van der Waals surface area contributed by atoms with Crippen LogP contribution in [0.5, 0.6) is 11.5 Å². The van der Waals surface area contributed by atoms with E-state index in [0.717, 1.165) is 5.56 Å². The van der Waals surface area contributed by atoms with Crippen molar-refractivity contribution in [2.75, 3.05) is 13.7 Å². The highest BCUT2D eigenvalue weighted by molar-refractivity contribution is 5.96. The number of allylic oxidation sites excluding steroid dienone is 1. The summed E-state index contributed by atoms with van der Waals surface area (Å²) in [4.78, 5) is 23.9. The van der Waals surface area contributed by atoms with Gasteiger partial charge >= 0.3 is 0 Å². The van der Waals surface area contributed by atoms with Gasteiger partial charge in [0, 0.05) is 0 Å². The Kier molecular flexibility index (Phi) is 6.43. The number of hydrogen-bond donors (Lipinski definition) is 2. The maximum atomic E-state index is 12.0. The van der Waals surface area contributed by atoms with Gasteiger partial charge in [0.25, 0.3) is 11.8 Å². The highest BCUT2D eigenvalue weighted by Gasteiger charge is 2.14. The van der Waals surface area contributed by atoms with E-state index in [1.54, 1.807) is 32.1 Å². The molecule has 7 heteroatoms. The van der Waals surface area contributed by atoms with Crippen LogP contribution >= 0.6 is 0 Å². The number of nitrogens with one attached hydrogen (secondary N) is 2. The predicted molar refractivity (Wildman–Crippen MR) is 96.2 cm³/mol. The minimum Gasteiger partial charge on any atom is -0.493 e. The topological polar surface area (TPSA) is 89.8 Å². The molecule has 2 rings (SSSR count). The number of hydrazine groups is 1. The van der Waals surface area contributed by atoms with Gasteiger partial charge in [0.2, 0.25) is 0 Å². The largest absolute Gasteiger partial charge is 0.493 e. The summed E-state index contributed by atoms with van der Waals surface area (Å²) in [6, 6.07) is 7.01. The third-order valence-electron chi connectivity index (χ3n) is 3.57. The SMILES string of the molecule is C=CCc1ccc(OCC(=O)NNC(=O)c2cc(C)oc2C)c(OC)c1. The highest BCUT2D eigenvalue weighted by atomic mass is 16.5. The zero-order valence-corrected chi connectivity index (χ0v) is 15.0. The Hall–Kier alpha value is -3.22. The van der Waals surface area contributed by atoms with Crippen LogP contribution in [0.3, 0.4) is 0 Å². The Labute approximate surface area is 151 Å². The molecular weight excluding hydrogens is 336 g/mol. The number of carbonyl (C=O) groups is 2. The van der Waals surface area contributed by atoms with E-state index in [4.69, 9.17) is 13.9 Å². The van der Waals surface area contributed by atoms with Gasteiger partial charge in [-0.2, -0.15) is 0 Å². The summed E-state index contributed by atoms with van der Waals surface area (Å²) in [6.45, 7) is 6.83. The van der Waals surface area contributed by atoms with E-state index in [1.807, 2.05) is 12.1 Å². The van der Waals surface area contributed by atoms with Crippen LogP contribution in [0, 0.1) is 13.8 Å². The first-order valence-corrected chi connectivity index (χ1v) is 8.01. The second-order valence-electron chi connectivity index (χ2n) is 5.60. The number of rotatable bonds is 7. The van der Waals surface area contributed by atoms with E-state index in [9.17, 15) is 9.59 Å². The molecule has 0 radical (unpaired) electrons. The van der Waals surface area contributed by atoms with Crippen LogP contribution in [0.2, 0.25) is 0 Å². The standard InChI is InChI=1S/C19H22N2O5/c1-5-6-14-7-8-16(17(10-14)24-4)25-11-18(22)20-21-19(23)15-9-12(2)26-13(15)3/h5,7-10H,1,6,11H2,2-4H3,(H,20,22)(H,21,23). The average molecular weight is 358 g/mol. The van der Waals surface area contributed by atoms with E-state index in [2.05, 4.69) is 17.4 Å². The van der Waals surface area contributed by atoms with Crippen LogP contribution in [0.1, 0.15) is 27.4 Å². The molecule has 1 aromatic carbocycles. The van der Waals surface area contributed by atoms with Crippen molar-refractivity contribution in [3.05, 3.63) is 59.6 Å². The van der Waals surface area contributed by atoms with Crippen molar-refractivity contribution in [1.82, 2.24) is 10.9 Å². The minimum atomic E-state index is -0.506. The molecule has 0 spiro atoms. The molecule has 0 aliphatic carbocycles. The smallest absolute Gasteiger partial charge is 0.276 e. The van der Waals surface area contributed by atoms with Crippen LogP contribution in [0.25, 0.3) is 0 Å². The lowest BCUT2D eigenvalue weighted by Gasteiger charge is -2.12. The van der Waals surface area contributed by atoms with E-state index < -0.39 is 11.8 Å². The summed E-state index contributed by atoms with van der Waals surface area (Å²) in [5.41, 5.74) is 6.00. The van der Waals surface area contributed by atoms with Gasteiger partial charge < -0.3 is 13.9 Å². The number of benzene rings is 1. The summed E-state index contributed by atoms with van der Waals surface area (Å²) in [5.74, 6) is 1.09. The number of furan rings is 1. The van der Waals surface area contributed by atoms with Gasteiger partial charge in [0.15, 0.2) is 18.1 Å². The Morgan fingerprint density at radius 2 is 1.96 bits per heavy atom. The molecule has 2 amide bonds. The minimum absolute atomic E-state index is 0.277. The molecular formula is C19H22N2O5. The molecule has 1 heterocycles. The normalized spacial score (nSPS) is 10.1. The van der Waals surface area contributed by atoms with Crippen LogP contribution in [0.4, 0.5) is 0 Å². The van der Waals surface area contributed by atoms with Crippen LogP contribution < -0.4 is 20.3 Å². The molecule has 2 N–H and O–H groups in total. The molecule has 0 fully saturated rings. The van der Waals surface area contributed by atoms with Crippen molar-refractivity contribution < 1.29 is 23.5 Å². The molecule has 0 saturated carbocycles. The molecule has 0 atom stereocenters. The van der Waals surface area contributed by atoms with Gasteiger partial charge in [-0.05, 0) is 44.0 Å². The van der Waals surface area contributed by atoms with Crippen LogP contribution in [-0.2, 0) is 11.2 Å². The van der Waals surface area contributed by atoms with Gasteiger partial charge in [0.05, 0.1) is 12.7 Å². The van der Waals surface area contributed by atoms with Crippen LogP contribution in [-0.4, -0.2) is 25.5 Å². The molecule has 0 aliphatic heterocycles. The summed E-state index contributed by atoms with van der Waals surface area (Å²) < 4.78 is 16.0. The first kappa shape index (κ1) is 19.1. The number of carbonyl (C=O) groups excluding carboxylic acids is 2. The first-order valence-electron chi connectivity index (χ1n) is 8.01. The number of methoxy groups -OCH3 is 1. The zero-order chi connectivity index (χ0) is 19.1. The van der Waals surface area contributed by atoms with Gasteiger partial charge in [0.1, 0.15) is 11.5 Å². The summed E-state index contributed by atoms with van der Waals surface area (Å²) >= 11 is 0. The van der Waals surface area contributed by atoms with Crippen molar-refractivity contribution in [2.45, 2.75) is 20.3 Å². The number of amides is 2. The third-order valence-corrected chi connectivity index (χ3v) is 3.57. The fraction of sp³-hybridized carbons (Fsp3) is 0.263. The average Bonchev–Trinajstić information content (AvgIpc) is 2.97. The molecule has 0 saturated heterocycles. The molecule has 7 nitrogen and oxygen atoms in total. The summed E-state index contributed by atoms with van der Waals surface area (Å²) in [5, 5.41) is 0. The monoisotopic (exact) mass is 358 g/mol. The lowest BCUT2D eigenvalue weighted by Crippen LogP contribution is -2.43. The maximum absolute atomic E-state index is 12.0. The molecule has 2 aromatic rings. The molecule has 0 bridgehead atoms. The highest BCUT2D eigenvalue weighted by Crippen LogP contribution is 2.28. The third kappa shape index (κ3) is 4.89. The van der Waals surface area contributed by atoms with Crippen molar-refractivity contribution in [1.29, 1.82) is 0 Å². The lowest BCUT2D eigenvalue weighted by molar-refractivity contribution is -0.123. The molecule has 0 aliphatic rings. The Bertz CT molecular complexity index is 810. The van der Waals surface area contributed by atoms with Gasteiger partial charge in [-0.25, -0.2) is 0 Å². The van der Waals surface area contributed by atoms with Crippen molar-refractivity contribution in [3.63, 3.8) is 0 Å². The Morgan fingerprint density at radius 1 is 1.19 bits per heavy atom. The molecule has 1 aromatic heterocycles. The van der Waals surface area contributed by atoms with E-state index in [0.29, 0.717) is 35.0 Å². The zero-order valence-electron chi connectivity index (χ0n) is 15.0. The predicted octanol–water partition coefficient (Wildman–Crippen LogP) is 2.47. The molecule has 0 unspecified atom stereocenters. The lowest BCUT2D eigenvalue weighted by atomic mass is 10.1. The summed E-state index contributed by atoms with van der Waals surface area (Å²) in [7, 11) is 1.52. The number of ether oxygens (including phenoxy) is 2. The van der Waals surface area contributed by atoms with E-state index in [1.165, 1.54) is 7.11 Å². The van der Waals surface area contributed by atoms with Crippen molar-refractivity contribution in [3.8, 4) is 11.5 Å². The Morgan fingerprint density at radius 3 is 2.58 bits per heavy atom. The van der Waals surface area contributed by atoms with Gasteiger partial charge in [-0.3, -0.25) is 20.4 Å². The first-order chi connectivity index (χ1) is 12.4. The van der Waals surface area contributed by atoms with E-state index >= 15 is 0 Å². The molecule has 138 valence electrons. The molecule has 26 heavy (non-hydrogen) atoms.